The van der Waals surface area contributed by atoms with E-state index in [4.69, 9.17) is 4.74 Å². The number of benzene rings is 2. The summed E-state index contributed by atoms with van der Waals surface area (Å²) < 4.78 is 43.9. The Morgan fingerprint density at radius 3 is 2.37 bits per heavy atom. The van der Waals surface area contributed by atoms with E-state index >= 15 is 0 Å². The van der Waals surface area contributed by atoms with E-state index in [2.05, 4.69) is 0 Å². The number of alkyl halides is 3. The number of carbonyl (C=O) groups excluding carboxylic acids is 1. The fourth-order valence-electron chi connectivity index (χ4n) is 3.36. The number of likely N-dealkylation sites (tertiary alicyclic amines) is 1. The number of nitrogens with zero attached hydrogens (tertiary/aromatic N) is 2. The molecule has 0 aromatic heterocycles. The summed E-state index contributed by atoms with van der Waals surface area (Å²) in [5.74, 6) is -1.05. The Morgan fingerprint density at radius 1 is 1.17 bits per heavy atom. The second-order valence-electron chi connectivity index (χ2n) is 6.97. The number of hydrogen-bond donors (Lipinski definition) is 1. The summed E-state index contributed by atoms with van der Waals surface area (Å²) in [7, 11) is 0. The van der Waals surface area contributed by atoms with Gasteiger partial charge in [-0.15, -0.1) is 0 Å². The van der Waals surface area contributed by atoms with Crippen LogP contribution in [0.25, 0.3) is 0 Å². The molecule has 2 aromatic rings. The van der Waals surface area contributed by atoms with Gasteiger partial charge in [0.1, 0.15) is 11.5 Å². The first-order valence-electron chi connectivity index (χ1n) is 9.22. The first kappa shape index (κ1) is 21.6. The van der Waals surface area contributed by atoms with Gasteiger partial charge < -0.3 is 14.7 Å². The van der Waals surface area contributed by atoms with Gasteiger partial charge in [0.15, 0.2) is 6.10 Å². The Balaban J connectivity index is 1.80. The second kappa shape index (κ2) is 8.70. The van der Waals surface area contributed by atoms with E-state index < -0.39 is 29.0 Å². The van der Waals surface area contributed by atoms with Crippen molar-refractivity contribution in [3.63, 3.8) is 0 Å². The minimum atomic E-state index is -4.71. The van der Waals surface area contributed by atoms with Gasteiger partial charge in [-0.1, -0.05) is 18.2 Å². The SMILES string of the molecule is O=C(c1cc([N+](=O)[O-])ccc1Oc1ccccc1)N1CCC([C@H](O)C(F)(F)F)CC1. The van der Waals surface area contributed by atoms with E-state index in [1.807, 2.05) is 0 Å². The van der Waals surface area contributed by atoms with E-state index in [-0.39, 0.29) is 42.9 Å². The number of carbonyl (C=O) groups is 1. The molecule has 1 N–H and O–H groups in total. The lowest BCUT2D eigenvalue weighted by atomic mass is 9.90. The topological polar surface area (TPSA) is 92.9 Å². The summed E-state index contributed by atoms with van der Waals surface area (Å²) in [6, 6.07) is 12.1. The number of hydrogen-bond acceptors (Lipinski definition) is 5. The lowest BCUT2D eigenvalue weighted by molar-refractivity contribution is -0.384. The van der Waals surface area contributed by atoms with Gasteiger partial charge in [-0.3, -0.25) is 14.9 Å². The van der Waals surface area contributed by atoms with E-state index in [1.54, 1.807) is 30.3 Å². The molecule has 0 bridgehead atoms. The van der Waals surface area contributed by atoms with Crippen LogP contribution in [0.2, 0.25) is 0 Å². The van der Waals surface area contributed by atoms with E-state index in [9.17, 15) is 33.2 Å². The van der Waals surface area contributed by atoms with Gasteiger partial charge in [-0.2, -0.15) is 13.2 Å². The Hall–Kier alpha value is -3.14. The van der Waals surface area contributed by atoms with Crippen molar-refractivity contribution in [1.29, 1.82) is 0 Å². The molecule has 7 nitrogen and oxygen atoms in total. The number of ether oxygens (including phenoxy) is 1. The van der Waals surface area contributed by atoms with Gasteiger partial charge in [-0.05, 0) is 37.0 Å². The number of piperidine rings is 1. The maximum Gasteiger partial charge on any atom is 0.414 e. The van der Waals surface area contributed by atoms with Gasteiger partial charge in [0.05, 0.1) is 10.5 Å². The van der Waals surface area contributed by atoms with Crippen LogP contribution < -0.4 is 4.74 Å². The number of nitro benzene ring substituents is 1. The maximum absolute atomic E-state index is 13.0. The minimum Gasteiger partial charge on any atom is -0.457 e. The number of para-hydroxylation sites is 1. The zero-order chi connectivity index (χ0) is 21.9. The average Bonchev–Trinajstić information content (AvgIpc) is 2.73. The number of amides is 1. The predicted molar refractivity (Wildman–Crippen MR) is 100 cm³/mol. The second-order valence-corrected chi connectivity index (χ2v) is 6.97. The summed E-state index contributed by atoms with van der Waals surface area (Å²) in [4.78, 5) is 24.8. The van der Waals surface area contributed by atoms with Crippen molar-refractivity contribution in [2.45, 2.75) is 25.1 Å². The third kappa shape index (κ3) is 4.88. The number of nitro groups is 1. The van der Waals surface area contributed by atoms with Crippen LogP contribution >= 0.6 is 0 Å². The quantitative estimate of drug-likeness (QED) is 0.575. The molecule has 1 aliphatic heterocycles. The van der Waals surface area contributed by atoms with E-state index in [0.717, 1.165) is 6.07 Å². The molecule has 10 heteroatoms. The maximum atomic E-state index is 13.0. The van der Waals surface area contributed by atoms with Crippen LogP contribution in [0.3, 0.4) is 0 Å². The van der Waals surface area contributed by atoms with Crippen LogP contribution in [0.5, 0.6) is 11.5 Å². The fourth-order valence-corrected chi connectivity index (χ4v) is 3.36. The van der Waals surface area contributed by atoms with Gasteiger partial charge in [0.25, 0.3) is 11.6 Å². The van der Waals surface area contributed by atoms with Crippen LogP contribution in [0, 0.1) is 16.0 Å². The molecular formula is C20H19F3N2O5. The lowest BCUT2D eigenvalue weighted by Gasteiger charge is -2.35. The first-order valence-corrected chi connectivity index (χ1v) is 9.22. The molecule has 0 saturated carbocycles. The van der Waals surface area contributed by atoms with E-state index in [1.165, 1.54) is 17.0 Å². The van der Waals surface area contributed by atoms with Crippen molar-refractivity contribution in [3.8, 4) is 11.5 Å². The molecular weight excluding hydrogens is 405 g/mol. The van der Waals surface area contributed by atoms with Crippen LogP contribution in [0.4, 0.5) is 18.9 Å². The van der Waals surface area contributed by atoms with Crippen LogP contribution in [-0.2, 0) is 0 Å². The van der Waals surface area contributed by atoms with Crippen molar-refractivity contribution < 1.29 is 32.7 Å². The average molecular weight is 424 g/mol. The number of aliphatic hydroxyl groups excluding tert-OH is 1. The summed E-state index contributed by atoms with van der Waals surface area (Å²) >= 11 is 0. The van der Waals surface area contributed by atoms with Crippen molar-refractivity contribution in [3.05, 3.63) is 64.2 Å². The van der Waals surface area contributed by atoms with Crippen molar-refractivity contribution in [2.75, 3.05) is 13.1 Å². The largest absolute Gasteiger partial charge is 0.457 e. The number of aliphatic hydroxyl groups is 1. The molecule has 3 rings (SSSR count). The molecule has 1 aliphatic rings. The molecule has 0 unspecified atom stereocenters. The summed E-state index contributed by atoms with van der Waals surface area (Å²) in [5.41, 5.74) is -0.357. The third-order valence-electron chi connectivity index (χ3n) is 4.98. The molecule has 0 radical (unpaired) electrons. The highest BCUT2D eigenvalue weighted by molar-refractivity contribution is 5.97. The van der Waals surface area contributed by atoms with Gasteiger partial charge >= 0.3 is 6.18 Å². The normalized spacial score (nSPS) is 16.2. The zero-order valence-electron chi connectivity index (χ0n) is 15.7. The highest BCUT2D eigenvalue weighted by Crippen LogP contribution is 2.34. The monoisotopic (exact) mass is 424 g/mol. The first-order chi connectivity index (χ1) is 14.2. The Kier molecular flexibility index (Phi) is 6.25. The van der Waals surface area contributed by atoms with E-state index in [0.29, 0.717) is 5.75 Å². The molecule has 1 heterocycles. The zero-order valence-corrected chi connectivity index (χ0v) is 15.7. The molecule has 30 heavy (non-hydrogen) atoms. The molecule has 1 amide bonds. The standard InChI is InChI=1S/C20H19F3N2O5/c21-20(22,23)18(26)13-8-10-24(11-9-13)19(27)16-12-14(25(28)29)6-7-17(16)30-15-4-2-1-3-5-15/h1-7,12-13,18,26H,8-11H2/t18-/m0/s1. The summed E-state index contributed by atoms with van der Waals surface area (Å²) in [6.07, 6.45) is -7.22. The van der Waals surface area contributed by atoms with Crippen LogP contribution in [-0.4, -0.2) is 46.2 Å². The number of halogens is 3. The summed E-state index contributed by atoms with van der Waals surface area (Å²) in [5, 5.41) is 20.6. The van der Waals surface area contributed by atoms with Crippen molar-refractivity contribution in [2.24, 2.45) is 5.92 Å². The fraction of sp³-hybridized carbons (Fsp3) is 0.350. The van der Waals surface area contributed by atoms with Gasteiger partial charge in [0.2, 0.25) is 0 Å². The lowest BCUT2D eigenvalue weighted by Crippen LogP contribution is -2.45. The Labute approximate surface area is 169 Å². The number of rotatable bonds is 5. The molecule has 1 atom stereocenters. The Bertz CT molecular complexity index is 912. The minimum absolute atomic E-state index is 0.00981. The third-order valence-corrected chi connectivity index (χ3v) is 4.98. The van der Waals surface area contributed by atoms with Crippen molar-refractivity contribution >= 4 is 11.6 Å². The highest BCUT2D eigenvalue weighted by atomic mass is 19.4. The molecule has 2 aromatic carbocycles. The smallest absolute Gasteiger partial charge is 0.414 e. The number of non-ortho nitro benzene ring substituents is 1. The summed E-state index contributed by atoms with van der Waals surface area (Å²) in [6.45, 7) is -0.0196. The predicted octanol–water partition coefficient (Wildman–Crippen LogP) is 4.16. The van der Waals surface area contributed by atoms with Crippen molar-refractivity contribution in [1.82, 2.24) is 4.90 Å². The van der Waals surface area contributed by atoms with Gasteiger partial charge in [0, 0.05) is 25.2 Å². The Morgan fingerprint density at radius 2 is 1.80 bits per heavy atom. The van der Waals surface area contributed by atoms with Crippen LogP contribution in [0.15, 0.2) is 48.5 Å². The highest BCUT2D eigenvalue weighted by Gasteiger charge is 2.44. The molecule has 0 spiro atoms. The molecule has 0 aliphatic carbocycles. The molecule has 1 saturated heterocycles. The van der Waals surface area contributed by atoms with Gasteiger partial charge in [-0.25, -0.2) is 0 Å². The van der Waals surface area contributed by atoms with Crippen LogP contribution in [0.1, 0.15) is 23.2 Å². The molecule has 1 fully saturated rings. The molecule has 160 valence electrons.